The predicted molar refractivity (Wildman–Crippen MR) is 74.3 cm³/mol. The van der Waals surface area contributed by atoms with Gasteiger partial charge in [-0.1, -0.05) is 20.8 Å². The van der Waals surface area contributed by atoms with Crippen molar-refractivity contribution in [3.63, 3.8) is 0 Å². The van der Waals surface area contributed by atoms with E-state index >= 15 is 0 Å². The molecule has 0 fully saturated rings. The molecule has 4 N–H and O–H groups in total. The van der Waals surface area contributed by atoms with E-state index in [1.54, 1.807) is 13.8 Å². The molecule has 1 rings (SSSR count). The quantitative estimate of drug-likeness (QED) is 0.739. The second kappa shape index (κ2) is 5.52. The number of aromatic nitrogens is 2. The van der Waals surface area contributed by atoms with Crippen molar-refractivity contribution in [1.82, 2.24) is 15.3 Å². The Bertz CT molecular complexity index is 528. The Hall–Kier alpha value is -1.69. The minimum Gasteiger partial charge on any atom is -0.348 e. The van der Waals surface area contributed by atoms with Gasteiger partial charge >= 0.3 is 0 Å². The van der Waals surface area contributed by atoms with Gasteiger partial charge in [-0.15, -0.1) is 0 Å². The summed E-state index contributed by atoms with van der Waals surface area (Å²) >= 11 is 0. The van der Waals surface area contributed by atoms with E-state index in [9.17, 15) is 9.59 Å². The molecule has 0 saturated carbocycles. The molecular weight excluding hydrogens is 244 g/mol. The van der Waals surface area contributed by atoms with Crippen molar-refractivity contribution >= 4 is 5.91 Å². The van der Waals surface area contributed by atoms with Gasteiger partial charge in [-0.05, 0) is 13.8 Å². The van der Waals surface area contributed by atoms with Crippen molar-refractivity contribution in [2.45, 2.75) is 46.1 Å². The number of hydrogen-bond donors (Lipinski definition) is 3. The van der Waals surface area contributed by atoms with E-state index in [0.717, 1.165) is 0 Å². The second-order valence-electron chi connectivity index (χ2n) is 5.74. The highest BCUT2D eigenvalue weighted by Gasteiger charge is 2.22. The summed E-state index contributed by atoms with van der Waals surface area (Å²) in [5.41, 5.74) is 5.22. The minimum absolute atomic E-state index is 0.0494. The summed E-state index contributed by atoms with van der Waals surface area (Å²) in [5.74, 6) is 0.128. The van der Waals surface area contributed by atoms with Crippen LogP contribution in [0.3, 0.4) is 0 Å². The molecule has 1 atom stereocenters. The number of nitrogens with zero attached hydrogens (tertiary/aromatic N) is 1. The Morgan fingerprint density at radius 3 is 2.47 bits per heavy atom. The first kappa shape index (κ1) is 15.4. The van der Waals surface area contributed by atoms with Crippen LogP contribution in [0.2, 0.25) is 0 Å². The Morgan fingerprint density at radius 1 is 1.47 bits per heavy atom. The van der Waals surface area contributed by atoms with Crippen molar-refractivity contribution in [2.75, 3.05) is 6.54 Å². The highest BCUT2D eigenvalue weighted by atomic mass is 16.2. The zero-order valence-corrected chi connectivity index (χ0v) is 12.1. The first-order valence-electron chi connectivity index (χ1n) is 6.29. The first-order chi connectivity index (χ1) is 8.66. The molecule has 1 amide bonds. The van der Waals surface area contributed by atoms with Gasteiger partial charge in [0.2, 0.25) is 0 Å². The molecule has 0 saturated heterocycles. The number of rotatable bonds is 3. The fourth-order valence-electron chi connectivity index (χ4n) is 1.56. The van der Waals surface area contributed by atoms with Crippen LogP contribution >= 0.6 is 0 Å². The van der Waals surface area contributed by atoms with Crippen LogP contribution < -0.4 is 16.6 Å². The molecule has 0 radical (unpaired) electrons. The number of carbonyl (C=O) groups is 1. The maximum atomic E-state index is 12.0. The molecule has 1 aromatic heterocycles. The zero-order chi connectivity index (χ0) is 14.8. The summed E-state index contributed by atoms with van der Waals surface area (Å²) in [6.45, 7) is 9.59. The summed E-state index contributed by atoms with van der Waals surface area (Å²) in [6.07, 6.45) is 0. The largest absolute Gasteiger partial charge is 0.348 e. The van der Waals surface area contributed by atoms with E-state index < -0.39 is 11.5 Å². The van der Waals surface area contributed by atoms with Crippen molar-refractivity contribution in [1.29, 1.82) is 0 Å². The van der Waals surface area contributed by atoms with Gasteiger partial charge in [-0.3, -0.25) is 9.59 Å². The van der Waals surface area contributed by atoms with Gasteiger partial charge in [0.25, 0.3) is 11.5 Å². The Morgan fingerprint density at radius 2 is 2.05 bits per heavy atom. The van der Waals surface area contributed by atoms with Crippen LogP contribution in [-0.4, -0.2) is 28.5 Å². The smallest absolute Gasteiger partial charge is 0.264 e. The average molecular weight is 266 g/mol. The molecule has 0 aliphatic carbocycles. The molecule has 19 heavy (non-hydrogen) atoms. The van der Waals surface area contributed by atoms with Crippen LogP contribution in [0.5, 0.6) is 0 Å². The molecule has 0 bridgehead atoms. The standard InChI is InChI=1S/C13H22N4O2/c1-7(6-14)15-10(18)9-8(2)16-12(13(3,4)5)17-11(9)19/h7H,6,14H2,1-5H3,(H,15,18)(H,16,17,19)/t7-/m0/s1. The Labute approximate surface area is 112 Å². The predicted octanol–water partition coefficient (Wildman–Crippen LogP) is 0.453. The molecule has 0 aromatic carbocycles. The van der Waals surface area contributed by atoms with Gasteiger partial charge in [0.15, 0.2) is 0 Å². The number of H-pyrrole nitrogens is 1. The fourth-order valence-corrected chi connectivity index (χ4v) is 1.56. The molecule has 6 nitrogen and oxygen atoms in total. The average Bonchev–Trinajstić information content (AvgIpc) is 2.26. The molecule has 6 heteroatoms. The summed E-state index contributed by atoms with van der Waals surface area (Å²) < 4.78 is 0. The van der Waals surface area contributed by atoms with E-state index in [1.165, 1.54) is 0 Å². The third kappa shape index (κ3) is 3.64. The third-order valence-corrected chi connectivity index (χ3v) is 2.77. The molecule has 1 aromatic rings. The minimum atomic E-state index is -0.440. The third-order valence-electron chi connectivity index (χ3n) is 2.77. The van der Waals surface area contributed by atoms with Crippen LogP contribution in [0.4, 0.5) is 0 Å². The van der Waals surface area contributed by atoms with E-state index in [1.807, 2.05) is 20.8 Å². The molecule has 0 spiro atoms. The lowest BCUT2D eigenvalue weighted by Gasteiger charge is -2.18. The molecule has 1 heterocycles. The molecule has 0 aliphatic rings. The number of amides is 1. The van der Waals surface area contributed by atoms with Gasteiger partial charge < -0.3 is 16.0 Å². The maximum Gasteiger partial charge on any atom is 0.264 e. The maximum absolute atomic E-state index is 12.0. The van der Waals surface area contributed by atoms with Crippen LogP contribution in [-0.2, 0) is 5.41 Å². The van der Waals surface area contributed by atoms with Crippen LogP contribution in [0.25, 0.3) is 0 Å². The summed E-state index contributed by atoms with van der Waals surface area (Å²) in [6, 6.07) is -0.186. The zero-order valence-electron chi connectivity index (χ0n) is 12.1. The number of aromatic amines is 1. The van der Waals surface area contributed by atoms with Gasteiger partial charge in [0.1, 0.15) is 11.4 Å². The van der Waals surface area contributed by atoms with E-state index in [0.29, 0.717) is 18.1 Å². The second-order valence-corrected chi connectivity index (χ2v) is 5.74. The van der Waals surface area contributed by atoms with Crippen molar-refractivity contribution in [2.24, 2.45) is 5.73 Å². The molecule has 106 valence electrons. The van der Waals surface area contributed by atoms with Gasteiger partial charge in [-0.2, -0.15) is 0 Å². The van der Waals surface area contributed by atoms with Gasteiger partial charge in [0.05, 0.1) is 5.69 Å². The van der Waals surface area contributed by atoms with Crippen LogP contribution in [0.1, 0.15) is 49.6 Å². The number of hydrogen-bond acceptors (Lipinski definition) is 4. The van der Waals surface area contributed by atoms with E-state index in [4.69, 9.17) is 5.73 Å². The summed E-state index contributed by atoms with van der Waals surface area (Å²) in [5, 5.41) is 2.66. The Balaban J connectivity index is 3.18. The highest BCUT2D eigenvalue weighted by molar-refractivity contribution is 5.95. The van der Waals surface area contributed by atoms with Crippen LogP contribution in [0, 0.1) is 6.92 Å². The highest BCUT2D eigenvalue weighted by Crippen LogP contribution is 2.17. The number of carbonyl (C=O) groups excluding carboxylic acids is 1. The first-order valence-corrected chi connectivity index (χ1v) is 6.29. The van der Waals surface area contributed by atoms with Crippen molar-refractivity contribution in [3.05, 3.63) is 27.4 Å². The molecule has 0 unspecified atom stereocenters. The monoisotopic (exact) mass is 266 g/mol. The topological polar surface area (TPSA) is 101 Å². The number of nitrogens with two attached hydrogens (primary N) is 1. The van der Waals surface area contributed by atoms with E-state index in [2.05, 4.69) is 15.3 Å². The van der Waals surface area contributed by atoms with Gasteiger partial charge in [-0.25, -0.2) is 4.98 Å². The fraction of sp³-hybridized carbons (Fsp3) is 0.615. The molecule has 0 aliphatic heterocycles. The van der Waals surface area contributed by atoms with Crippen molar-refractivity contribution < 1.29 is 4.79 Å². The summed E-state index contributed by atoms with van der Waals surface area (Å²) in [7, 11) is 0. The lowest BCUT2D eigenvalue weighted by molar-refractivity contribution is 0.0938. The SMILES string of the molecule is Cc1nc(C(C)(C)C)[nH]c(=O)c1C(=O)N[C@@H](C)CN. The van der Waals surface area contributed by atoms with Crippen molar-refractivity contribution in [3.8, 4) is 0 Å². The van der Waals surface area contributed by atoms with Gasteiger partial charge in [0, 0.05) is 18.0 Å². The lowest BCUT2D eigenvalue weighted by Crippen LogP contribution is -2.41. The van der Waals surface area contributed by atoms with Crippen LogP contribution in [0.15, 0.2) is 4.79 Å². The number of nitrogens with one attached hydrogen (secondary N) is 2. The van der Waals surface area contributed by atoms with E-state index in [-0.39, 0.29) is 17.0 Å². The molecular formula is C13H22N4O2. The lowest BCUT2D eigenvalue weighted by atomic mass is 9.95. The normalized spacial score (nSPS) is 13.2. The summed E-state index contributed by atoms with van der Waals surface area (Å²) in [4.78, 5) is 31.0. The Kier molecular flexibility index (Phi) is 4.47. The number of aryl methyl sites for hydroxylation is 1.